The Morgan fingerprint density at radius 3 is 2.39 bits per heavy atom. The zero-order valence-electron chi connectivity index (χ0n) is 20.1. The Labute approximate surface area is 195 Å². The third-order valence-corrected chi connectivity index (χ3v) is 5.80. The summed E-state index contributed by atoms with van der Waals surface area (Å²) in [4.78, 5) is 27.6. The fourth-order valence-corrected chi connectivity index (χ4v) is 4.06. The van der Waals surface area contributed by atoms with E-state index in [1.807, 2.05) is 31.2 Å². The number of hydrogen-bond donors (Lipinski definition) is 1. The van der Waals surface area contributed by atoms with E-state index in [4.69, 9.17) is 9.47 Å². The first-order valence-corrected chi connectivity index (χ1v) is 11.3. The van der Waals surface area contributed by atoms with E-state index in [1.54, 1.807) is 31.4 Å². The zero-order chi connectivity index (χ0) is 24.2. The standard InChI is InChI=1S/C27H33NO5/c1-6-33-21-10-7-9-19(17-21)24(29)22-23(18-11-13-20(14-12-18)27(2,3)4)28(15-8-16-32-5)26(31)25(22)30/h7,9-14,17,23,29H,6,8,15-16H2,1-5H3/b24-22+. The molecule has 0 bridgehead atoms. The van der Waals surface area contributed by atoms with Gasteiger partial charge in [0.05, 0.1) is 18.2 Å². The normalized spacial score (nSPS) is 18.1. The van der Waals surface area contributed by atoms with Crippen LogP contribution in [-0.2, 0) is 19.7 Å². The summed E-state index contributed by atoms with van der Waals surface area (Å²) < 4.78 is 10.7. The molecule has 1 unspecified atom stereocenters. The van der Waals surface area contributed by atoms with Crippen LogP contribution in [0.3, 0.4) is 0 Å². The number of nitrogens with zero attached hydrogens (tertiary/aromatic N) is 1. The van der Waals surface area contributed by atoms with Crippen molar-refractivity contribution in [1.82, 2.24) is 4.90 Å². The minimum absolute atomic E-state index is 0.0292. The summed E-state index contributed by atoms with van der Waals surface area (Å²) in [7, 11) is 1.60. The highest BCUT2D eigenvalue weighted by molar-refractivity contribution is 6.46. The molecule has 1 aliphatic rings. The Morgan fingerprint density at radius 1 is 1.09 bits per heavy atom. The summed E-state index contributed by atoms with van der Waals surface area (Å²) in [6.45, 7) is 9.56. The number of Topliss-reactive ketones (excluding diaryl/α,β-unsaturated/α-hetero) is 1. The highest BCUT2D eigenvalue weighted by Crippen LogP contribution is 2.40. The van der Waals surface area contributed by atoms with Crippen molar-refractivity contribution in [3.63, 3.8) is 0 Å². The number of amides is 1. The molecule has 1 N–H and O–H groups in total. The molecule has 2 aromatic carbocycles. The lowest BCUT2D eigenvalue weighted by molar-refractivity contribution is -0.140. The number of aliphatic hydroxyl groups excluding tert-OH is 1. The first-order chi connectivity index (χ1) is 15.7. The van der Waals surface area contributed by atoms with E-state index in [9.17, 15) is 14.7 Å². The lowest BCUT2D eigenvalue weighted by Crippen LogP contribution is -2.31. The summed E-state index contributed by atoms with van der Waals surface area (Å²) in [5.74, 6) is -0.911. The van der Waals surface area contributed by atoms with Crippen LogP contribution in [0, 0.1) is 0 Å². The Balaban J connectivity index is 2.11. The Hall–Kier alpha value is -3.12. The quantitative estimate of drug-likeness (QED) is 0.269. The predicted octanol–water partition coefficient (Wildman–Crippen LogP) is 4.84. The van der Waals surface area contributed by atoms with Gasteiger partial charge in [0, 0.05) is 25.8 Å². The van der Waals surface area contributed by atoms with Crippen LogP contribution in [-0.4, -0.2) is 48.6 Å². The second-order valence-electron chi connectivity index (χ2n) is 9.17. The van der Waals surface area contributed by atoms with E-state index in [-0.39, 0.29) is 16.7 Å². The number of aliphatic hydroxyl groups is 1. The summed E-state index contributed by atoms with van der Waals surface area (Å²) in [5, 5.41) is 11.2. The van der Waals surface area contributed by atoms with Crippen molar-refractivity contribution in [2.75, 3.05) is 26.9 Å². The highest BCUT2D eigenvalue weighted by atomic mass is 16.5. The zero-order valence-corrected chi connectivity index (χ0v) is 20.1. The van der Waals surface area contributed by atoms with E-state index in [0.717, 1.165) is 11.1 Å². The van der Waals surface area contributed by atoms with Crippen LogP contribution in [0.2, 0.25) is 0 Å². The van der Waals surface area contributed by atoms with Crippen molar-refractivity contribution in [1.29, 1.82) is 0 Å². The van der Waals surface area contributed by atoms with E-state index in [2.05, 4.69) is 20.8 Å². The summed E-state index contributed by atoms with van der Waals surface area (Å²) in [6.07, 6.45) is 0.583. The molecule has 1 atom stereocenters. The molecular weight excluding hydrogens is 418 g/mol. The fourth-order valence-electron chi connectivity index (χ4n) is 4.06. The van der Waals surface area contributed by atoms with Crippen LogP contribution in [0.15, 0.2) is 54.1 Å². The van der Waals surface area contributed by atoms with Crippen molar-refractivity contribution in [3.8, 4) is 5.75 Å². The molecule has 1 saturated heterocycles. The topological polar surface area (TPSA) is 76.1 Å². The largest absolute Gasteiger partial charge is 0.507 e. The molecule has 3 rings (SSSR count). The molecule has 1 aliphatic heterocycles. The van der Waals surface area contributed by atoms with Crippen LogP contribution in [0.1, 0.15) is 56.8 Å². The smallest absolute Gasteiger partial charge is 0.295 e. The van der Waals surface area contributed by atoms with Crippen molar-refractivity contribution in [2.45, 2.75) is 45.6 Å². The molecular formula is C27H33NO5. The minimum atomic E-state index is -0.684. The number of ketones is 1. The maximum Gasteiger partial charge on any atom is 0.295 e. The Morgan fingerprint density at radius 2 is 1.79 bits per heavy atom. The lowest BCUT2D eigenvalue weighted by atomic mass is 9.85. The van der Waals surface area contributed by atoms with Gasteiger partial charge < -0.3 is 19.5 Å². The van der Waals surface area contributed by atoms with Crippen LogP contribution in [0.5, 0.6) is 5.75 Å². The van der Waals surface area contributed by atoms with Gasteiger partial charge in [-0.25, -0.2) is 0 Å². The van der Waals surface area contributed by atoms with Gasteiger partial charge in [0.2, 0.25) is 0 Å². The van der Waals surface area contributed by atoms with Crippen molar-refractivity contribution in [2.24, 2.45) is 0 Å². The van der Waals surface area contributed by atoms with Crippen LogP contribution >= 0.6 is 0 Å². The van der Waals surface area contributed by atoms with E-state index in [1.165, 1.54) is 4.90 Å². The van der Waals surface area contributed by atoms with Gasteiger partial charge in [-0.3, -0.25) is 9.59 Å². The van der Waals surface area contributed by atoms with Gasteiger partial charge >= 0.3 is 0 Å². The number of carbonyl (C=O) groups is 2. The maximum atomic E-state index is 13.1. The molecule has 0 saturated carbocycles. The molecule has 176 valence electrons. The second kappa shape index (κ2) is 10.2. The molecule has 33 heavy (non-hydrogen) atoms. The molecule has 0 spiro atoms. The molecule has 0 radical (unpaired) electrons. The fraction of sp³-hybridized carbons (Fsp3) is 0.407. The van der Waals surface area contributed by atoms with Crippen LogP contribution < -0.4 is 4.74 Å². The minimum Gasteiger partial charge on any atom is -0.507 e. The van der Waals surface area contributed by atoms with Gasteiger partial charge in [0.15, 0.2) is 0 Å². The third-order valence-electron chi connectivity index (χ3n) is 5.80. The van der Waals surface area contributed by atoms with Crippen LogP contribution in [0.25, 0.3) is 5.76 Å². The molecule has 0 aliphatic carbocycles. The maximum absolute atomic E-state index is 13.1. The van der Waals surface area contributed by atoms with E-state index >= 15 is 0 Å². The van der Waals surface area contributed by atoms with Gasteiger partial charge in [-0.1, -0.05) is 57.2 Å². The first kappa shape index (κ1) is 24.5. The van der Waals surface area contributed by atoms with Crippen molar-refractivity contribution >= 4 is 17.4 Å². The number of rotatable bonds is 8. The van der Waals surface area contributed by atoms with Gasteiger partial charge in [-0.05, 0) is 42.0 Å². The van der Waals surface area contributed by atoms with Crippen molar-refractivity contribution in [3.05, 3.63) is 70.8 Å². The molecule has 0 aromatic heterocycles. The van der Waals surface area contributed by atoms with Crippen molar-refractivity contribution < 1.29 is 24.2 Å². The molecule has 1 amide bonds. The average molecular weight is 452 g/mol. The SMILES string of the molecule is CCOc1cccc(/C(O)=C2\C(=O)C(=O)N(CCCOC)C2c2ccc(C(C)(C)C)cc2)c1. The summed E-state index contributed by atoms with van der Waals surface area (Å²) in [5.41, 5.74) is 2.43. The second-order valence-corrected chi connectivity index (χ2v) is 9.17. The number of hydrogen-bond acceptors (Lipinski definition) is 5. The number of likely N-dealkylation sites (tertiary alicyclic amines) is 1. The lowest BCUT2D eigenvalue weighted by Gasteiger charge is -2.26. The highest BCUT2D eigenvalue weighted by Gasteiger charge is 2.45. The van der Waals surface area contributed by atoms with Gasteiger partial charge in [-0.2, -0.15) is 0 Å². The number of benzene rings is 2. The third kappa shape index (κ3) is 5.28. The average Bonchev–Trinajstić information content (AvgIpc) is 3.04. The number of methoxy groups -OCH3 is 1. The van der Waals surface area contributed by atoms with Gasteiger partial charge in [0.25, 0.3) is 11.7 Å². The van der Waals surface area contributed by atoms with Crippen LogP contribution in [0.4, 0.5) is 0 Å². The molecule has 1 fully saturated rings. The molecule has 6 heteroatoms. The predicted molar refractivity (Wildman–Crippen MR) is 128 cm³/mol. The van der Waals surface area contributed by atoms with Gasteiger partial charge in [0.1, 0.15) is 11.5 Å². The number of ether oxygens (including phenoxy) is 2. The summed E-state index contributed by atoms with van der Waals surface area (Å²) >= 11 is 0. The monoisotopic (exact) mass is 451 g/mol. The van der Waals surface area contributed by atoms with E-state index < -0.39 is 17.7 Å². The van der Waals surface area contributed by atoms with E-state index in [0.29, 0.717) is 37.5 Å². The first-order valence-electron chi connectivity index (χ1n) is 11.3. The molecule has 1 heterocycles. The number of carbonyl (C=O) groups excluding carboxylic acids is 2. The molecule has 2 aromatic rings. The molecule has 6 nitrogen and oxygen atoms in total. The Kier molecular flexibility index (Phi) is 7.59. The summed E-state index contributed by atoms with van der Waals surface area (Å²) in [6, 6.07) is 14.1. The van der Waals surface area contributed by atoms with Gasteiger partial charge in [-0.15, -0.1) is 0 Å². The Bertz CT molecular complexity index is 1030.